The number of nitrogens with zero attached hydrogens (tertiary/aromatic N) is 1. The van der Waals surface area contributed by atoms with Gasteiger partial charge in [0, 0.05) is 19.6 Å². The van der Waals surface area contributed by atoms with E-state index in [1.165, 1.54) is 11.1 Å². The van der Waals surface area contributed by atoms with Crippen LogP contribution in [0.2, 0.25) is 0 Å². The first-order valence-electron chi connectivity index (χ1n) is 5.41. The Morgan fingerprint density at radius 2 is 2.07 bits per heavy atom. The van der Waals surface area contributed by atoms with Gasteiger partial charge >= 0.3 is 6.03 Å². The van der Waals surface area contributed by atoms with Crippen molar-refractivity contribution in [2.45, 2.75) is 19.9 Å². The van der Waals surface area contributed by atoms with Gasteiger partial charge in [0.1, 0.15) is 0 Å². The molecule has 0 atom stereocenters. The minimum absolute atomic E-state index is 0.0564. The van der Waals surface area contributed by atoms with E-state index >= 15 is 0 Å². The molecule has 15 heavy (non-hydrogen) atoms. The second kappa shape index (κ2) is 4.34. The van der Waals surface area contributed by atoms with Crippen LogP contribution in [0.1, 0.15) is 18.1 Å². The predicted octanol–water partition coefficient (Wildman–Crippen LogP) is 1.77. The zero-order valence-electron chi connectivity index (χ0n) is 8.99. The van der Waals surface area contributed by atoms with Crippen molar-refractivity contribution in [3.05, 3.63) is 35.4 Å². The lowest BCUT2D eigenvalue weighted by molar-refractivity contribution is 0.215. The zero-order chi connectivity index (χ0) is 10.7. The van der Waals surface area contributed by atoms with E-state index in [-0.39, 0.29) is 6.03 Å². The summed E-state index contributed by atoms with van der Waals surface area (Å²) in [5, 5.41) is 2.81. The minimum Gasteiger partial charge on any atom is -0.336 e. The van der Waals surface area contributed by atoms with Gasteiger partial charge in [0.15, 0.2) is 0 Å². The molecule has 0 radical (unpaired) electrons. The van der Waals surface area contributed by atoms with Crippen LogP contribution >= 0.6 is 0 Å². The Balaban J connectivity index is 2.12. The number of hydrogen-bond acceptors (Lipinski definition) is 1. The molecule has 3 heteroatoms. The fourth-order valence-corrected chi connectivity index (χ4v) is 1.92. The SMILES string of the molecule is CCc1ccccc1CN1CCNC1=O. The molecule has 0 saturated carbocycles. The summed E-state index contributed by atoms with van der Waals surface area (Å²) < 4.78 is 0. The van der Waals surface area contributed by atoms with E-state index in [4.69, 9.17) is 0 Å². The summed E-state index contributed by atoms with van der Waals surface area (Å²) in [6.45, 7) is 4.46. The van der Waals surface area contributed by atoms with E-state index in [2.05, 4.69) is 24.4 Å². The highest BCUT2D eigenvalue weighted by molar-refractivity contribution is 5.76. The third-order valence-electron chi connectivity index (χ3n) is 2.81. The molecule has 0 aromatic heterocycles. The highest BCUT2D eigenvalue weighted by atomic mass is 16.2. The molecule has 3 nitrogen and oxygen atoms in total. The molecular weight excluding hydrogens is 188 g/mol. The summed E-state index contributed by atoms with van der Waals surface area (Å²) in [6, 6.07) is 8.36. The van der Waals surface area contributed by atoms with Gasteiger partial charge in [-0.05, 0) is 17.5 Å². The fraction of sp³-hybridized carbons (Fsp3) is 0.417. The van der Waals surface area contributed by atoms with E-state index in [0.717, 1.165) is 26.1 Å². The first kappa shape index (κ1) is 10.0. The molecule has 1 N–H and O–H groups in total. The molecule has 1 aromatic rings. The fourth-order valence-electron chi connectivity index (χ4n) is 1.92. The number of amides is 2. The van der Waals surface area contributed by atoms with Crippen molar-refractivity contribution in [3.8, 4) is 0 Å². The monoisotopic (exact) mass is 204 g/mol. The van der Waals surface area contributed by atoms with E-state index in [1.54, 1.807) is 0 Å². The van der Waals surface area contributed by atoms with Crippen LogP contribution in [0.5, 0.6) is 0 Å². The third kappa shape index (κ3) is 2.12. The first-order valence-corrected chi connectivity index (χ1v) is 5.41. The van der Waals surface area contributed by atoms with Crippen LogP contribution in [0.25, 0.3) is 0 Å². The van der Waals surface area contributed by atoms with E-state index < -0.39 is 0 Å². The number of hydrogen-bond donors (Lipinski definition) is 1. The molecular formula is C12H16N2O. The summed E-state index contributed by atoms with van der Waals surface area (Å²) in [5.74, 6) is 0. The summed E-state index contributed by atoms with van der Waals surface area (Å²) >= 11 is 0. The highest BCUT2D eigenvalue weighted by Crippen LogP contribution is 2.13. The summed E-state index contributed by atoms with van der Waals surface area (Å²) in [6.07, 6.45) is 1.02. The van der Waals surface area contributed by atoms with Crippen molar-refractivity contribution >= 4 is 6.03 Å². The van der Waals surface area contributed by atoms with Crippen molar-refractivity contribution in [3.63, 3.8) is 0 Å². The number of carbonyl (C=O) groups is 1. The smallest absolute Gasteiger partial charge is 0.317 e. The molecule has 80 valence electrons. The molecule has 1 saturated heterocycles. The second-order valence-corrected chi connectivity index (χ2v) is 3.78. The standard InChI is InChI=1S/C12H16N2O/c1-2-10-5-3-4-6-11(10)9-14-8-7-13-12(14)15/h3-6H,2,7-9H2,1H3,(H,13,15). The van der Waals surface area contributed by atoms with Gasteiger partial charge in [-0.3, -0.25) is 0 Å². The van der Waals surface area contributed by atoms with Crippen LogP contribution in [0, 0.1) is 0 Å². The van der Waals surface area contributed by atoms with Gasteiger partial charge in [0.25, 0.3) is 0 Å². The zero-order valence-corrected chi connectivity index (χ0v) is 8.99. The van der Waals surface area contributed by atoms with Crippen molar-refractivity contribution in [2.24, 2.45) is 0 Å². The van der Waals surface area contributed by atoms with Crippen molar-refractivity contribution in [1.82, 2.24) is 10.2 Å². The van der Waals surface area contributed by atoms with Crippen molar-refractivity contribution < 1.29 is 4.79 Å². The summed E-state index contributed by atoms with van der Waals surface area (Å²) in [7, 11) is 0. The van der Waals surface area contributed by atoms with Crippen LogP contribution in [-0.2, 0) is 13.0 Å². The van der Waals surface area contributed by atoms with Crippen molar-refractivity contribution in [1.29, 1.82) is 0 Å². The molecule has 0 unspecified atom stereocenters. The molecule has 2 rings (SSSR count). The Morgan fingerprint density at radius 3 is 2.67 bits per heavy atom. The molecule has 0 aliphatic carbocycles. The minimum atomic E-state index is 0.0564. The number of carbonyl (C=O) groups excluding carboxylic acids is 1. The van der Waals surface area contributed by atoms with E-state index in [0.29, 0.717) is 0 Å². The maximum atomic E-state index is 11.4. The van der Waals surface area contributed by atoms with Crippen LogP contribution in [0.15, 0.2) is 24.3 Å². The molecule has 2 amide bonds. The maximum Gasteiger partial charge on any atom is 0.317 e. The topological polar surface area (TPSA) is 32.3 Å². The van der Waals surface area contributed by atoms with Gasteiger partial charge < -0.3 is 10.2 Å². The van der Waals surface area contributed by atoms with Gasteiger partial charge in [-0.15, -0.1) is 0 Å². The Labute approximate surface area is 90.1 Å². The number of urea groups is 1. The molecule has 1 fully saturated rings. The summed E-state index contributed by atoms with van der Waals surface area (Å²) in [5.41, 5.74) is 2.59. The molecule has 1 heterocycles. The largest absolute Gasteiger partial charge is 0.336 e. The van der Waals surface area contributed by atoms with Gasteiger partial charge in [0.05, 0.1) is 0 Å². The lowest BCUT2D eigenvalue weighted by Crippen LogP contribution is -2.27. The Morgan fingerprint density at radius 1 is 1.33 bits per heavy atom. The number of nitrogens with one attached hydrogen (secondary N) is 1. The average Bonchev–Trinajstić information content (AvgIpc) is 2.65. The maximum absolute atomic E-state index is 11.4. The van der Waals surface area contributed by atoms with Gasteiger partial charge in [0.2, 0.25) is 0 Å². The normalized spacial score (nSPS) is 15.5. The first-order chi connectivity index (χ1) is 7.31. The van der Waals surface area contributed by atoms with Gasteiger partial charge in [-0.2, -0.15) is 0 Å². The van der Waals surface area contributed by atoms with E-state index in [1.807, 2.05) is 17.0 Å². The molecule has 0 spiro atoms. The van der Waals surface area contributed by atoms with Gasteiger partial charge in [-0.25, -0.2) is 4.79 Å². The van der Waals surface area contributed by atoms with Crippen LogP contribution in [-0.4, -0.2) is 24.0 Å². The van der Waals surface area contributed by atoms with E-state index in [9.17, 15) is 4.79 Å². The lowest BCUT2D eigenvalue weighted by atomic mass is 10.1. The third-order valence-corrected chi connectivity index (χ3v) is 2.81. The highest BCUT2D eigenvalue weighted by Gasteiger charge is 2.19. The molecule has 1 aromatic carbocycles. The predicted molar refractivity (Wildman–Crippen MR) is 59.6 cm³/mol. The number of benzene rings is 1. The van der Waals surface area contributed by atoms with Crippen LogP contribution < -0.4 is 5.32 Å². The Hall–Kier alpha value is -1.51. The van der Waals surface area contributed by atoms with Gasteiger partial charge in [-0.1, -0.05) is 31.2 Å². The molecule has 1 aliphatic rings. The Bertz CT molecular complexity index is 362. The second-order valence-electron chi connectivity index (χ2n) is 3.78. The lowest BCUT2D eigenvalue weighted by Gasteiger charge is -2.16. The number of aryl methyl sites for hydroxylation is 1. The number of rotatable bonds is 3. The Kier molecular flexibility index (Phi) is 2.90. The summed E-state index contributed by atoms with van der Waals surface area (Å²) in [4.78, 5) is 13.2. The van der Waals surface area contributed by atoms with Crippen molar-refractivity contribution in [2.75, 3.05) is 13.1 Å². The molecule has 1 aliphatic heterocycles. The quantitative estimate of drug-likeness (QED) is 0.799. The van der Waals surface area contributed by atoms with Crippen LogP contribution in [0.4, 0.5) is 4.79 Å². The molecule has 0 bridgehead atoms. The average molecular weight is 204 g/mol. The van der Waals surface area contributed by atoms with Crippen LogP contribution in [0.3, 0.4) is 0 Å².